The van der Waals surface area contributed by atoms with Crippen molar-refractivity contribution in [2.45, 2.75) is 31.6 Å². The third kappa shape index (κ3) is 2.16. The van der Waals surface area contributed by atoms with Crippen molar-refractivity contribution in [2.24, 2.45) is 11.8 Å². The van der Waals surface area contributed by atoms with Crippen molar-refractivity contribution in [1.29, 1.82) is 0 Å². The lowest BCUT2D eigenvalue weighted by atomic mass is 9.90. The Balaban J connectivity index is 1.47. The van der Waals surface area contributed by atoms with Crippen molar-refractivity contribution in [3.8, 4) is 0 Å². The van der Waals surface area contributed by atoms with Crippen LogP contribution in [-0.2, 0) is 0 Å². The number of nitrogens with one attached hydrogen (secondary N) is 1. The number of para-hydroxylation sites is 1. The molecule has 0 aromatic heterocycles. The van der Waals surface area contributed by atoms with E-state index < -0.39 is 0 Å². The van der Waals surface area contributed by atoms with E-state index >= 15 is 0 Å². The minimum Gasteiger partial charge on any atom is -0.385 e. The Hall–Kier alpha value is -1.02. The van der Waals surface area contributed by atoms with Crippen LogP contribution in [0.4, 0.5) is 5.69 Å². The smallest absolute Gasteiger partial charge is 0.0376 e. The van der Waals surface area contributed by atoms with Crippen LogP contribution in [0.15, 0.2) is 24.3 Å². The summed E-state index contributed by atoms with van der Waals surface area (Å²) in [5.41, 5.74) is 2.92. The zero-order valence-corrected chi connectivity index (χ0v) is 11.6. The average molecular weight is 256 g/mol. The summed E-state index contributed by atoms with van der Waals surface area (Å²) < 4.78 is 0. The summed E-state index contributed by atoms with van der Waals surface area (Å²) in [5.74, 6) is 2.80. The van der Waals surface area contributed by atoms with Crippen molar-refractivity contribution in [1.82, 2.24) is 4.90 Å². The topological polar surface area (TPSA) is 15.3 Å². The summed E-state index contributed by atoms with van der Waals surface area (Å²) in [5, 5.41) is 3.54. The Kier molecular flexibility index (Phi) is 2.99. The van der Waals surface area contributed by atoms with Crippen LogP contribution in [0.25, 0.3) is 0 Å². The molecular weight excluding hydrogens is 232 g/mol. The normalized spacial score (nSPS) is 33.8. The number of hydrogen-bond donors (Lipinski definition) is 1. The standard InChI is InChI=1S/C17H24N2/c1-2-7-17-16(6-1)15(8-9-18-17)12-19-10-13-4-3-5-14(13)11-19/h1-2,6-7,13-15,18H,3-5,8-12H2. The fourth-order valence-corrected chi connectivity index (χ4v) is 4.53. The quantitative estimate of drug-likeness (QED) is 0.873. The third-order valence-electron chi connectivity index (χ3n) is 5.49. The summed E-state index contributed by atoms with van der Waals surface area (Å²) in [6, 6.07) is 8.90. The van der Waals surface area contributed by atoms with Crippen molar-refractivity contribution < 1.29 is 0 Å². The van der Waals surface area contributed by atoms with Gasteiger partial charge in [-0.1, -0.05) is 24.6 Å². The van der Waals surface area contributed by atoms with Gasteiger partial charge in [0.25, 0.3) is 0 Å². The first-order chi connectivity index (χ1) is 9.40. The molecule has 4 rings (SSSR count). The van der Waals surface area contributed by atoms with Gasteiger partial charge in [-0.3, -0.25) is 0 Å². The van der Waals surface area contributed by atoms with Gasteiger partial charge in [-0.2, -0.15) is 0 Å². The van der Waals surface area contributed by atoms with Crippen molar-refractivity contribution in [2.75, 3.05) is 31.5 Å². The molecule has 1 saturated heterocycles. The molecule has 3 aliphatic rings. The lowest BCUT2D eigenvalue weighted by Gasteiger charge is -2.30. The maximum atomic E-state index is 3.54. The predicted octanol–water partition coefficient (Wildman–Crippen LogP) is 3.32. The molecule has 19 heavy (non-hydrogen) atoms. The van der Waals surface area contributed by atoms with Crippen LogP contribution in [0, 0.1) is 11.8 Å². The molecule has 2 aliphatic heterocycles. The molecule has 2 nitrogen and oxygen atoms in total. The lowest BCUT2D eigenvalue weighted by Crippen LogP contribution is -2.30. The number of anilines is 1. The minimum absolute atomic E-state index is 0.747. The largest absolute Gasteiger partial charge is 0.385 e. The van der Waals surface area contributed by atoms with Gasteiger partial charge in [0.15, 0.2) is 0 Å². The van der Waals surface area contributed by atoms with Gasteiger partial charge in [0, 0.05) is 37.8 Å². The highest BCUT2D eigenvalue weighted by atomic mass is 15.2. The number of likely N-dealkylation sites (tertiary alicyclic amines) is 1. The van der Waals surface area contributed by atoms with Gasteiger partial charge in [0.05, 0.1) is 0 Å². The monoisotopic (exact) mass is 256 g/mol. The van der Waals surface area contributed by atoms with Gasteiger partial charge in [-0.25, -0.2) is 0 Å². The molecule has 1 aliphatic carbocycles. The van der Waals surface area contributed by atoms with E-state index in [1.165, 1.54) is 51.0 Å². The van der Waals surface area contributed by atoms with E-state index in [0.29, 0.717) is 0 Å². The third-order valence-corrected chi connectivity index (χ3v) is 5.49. The number of nitrogens with zero attached hydrogens (tertiary/aromatic N) is 1. The molecule has 0 spiro atoms. The van der Waals surface area contributed by atoms with Gasteiger partial charge in [-0.15, -0.1) is 0 Å². The Labute approximate surface area is 116 Å². The molecule has 2 heterocycles. The summed E-state index contributed by atoms with van der Waals surface area (Å²) in [6.07, 6.45) is 5.76. The van der Waals surface area contributed by atoms with Gasteiger partial charge in [0.1, 0.15) is 0 Å². The summed E-state index contributed by atoms with van der Waals surface area (Å²) in [6.45, 7) is 5.17. The summed E-state index contributed by atoms with van der Waals surface area (Å²) in [4.78, 5) is 2.75. The molecule has 1 saturated carbocycles. The van der Waals surface area contributed by atoms with Crippen LogP contribution in [-0.4, -0.2) is 31.1 Å². The fourth-order valence-electron chi connectivity index (χ4n) is 4.53. The molecular formula is C17H24N2. The minimum atomic E-state index is 0.747. The number of fused-ring (bicyclic) bond motifs is 2. The Morgan fingerprint density at radius 1 is 1.05 bits per heavy atom. The molecule has 1 N–H and O–H groups in total. The maximum absolute atomic E-state index is 3.54. The molecule has 102 valence electrons. The Bertz CT molecular complexity index is 444. The first-order valence-electron chi connectivity index (χ1n) is 7.95. The maximum Gasteiger partial charge on any atom is 0.0376 e. The fraction of sp³-hybridized carbons (Fsp3) is 0.647. The highest BCUT2D eigenvalue weighted by Gasteiger charge is 2.37. The number of benzene rings is 1. The van der Waals surface area contributed by atoms with Crippen molar-refractivity contribution in [3.63, 3.8) is 0 Å². The molecule has 2 heteroatoms. The van der Waals surface area contributed by atoms with Crippen LogP contribution < -0.4 is 5.32 Å². The van der Waals surface area contributed by atoms with Gasteiger partial charge in [-0.05, 0) is 42.7 Å². The van der Waals surface area contributed by atoms with Gasteiger partial charge >= 0.3 is 0 Å². The first-order valence-corrected chi connectivity index (χ1v) is 7.95. The predicted molar refractivity (Wildman–Crippen MR) is 79.6 cm³/mol. The lowest BCUT2D eigenvalue weighted by molar-refractivity contribution is 0.285. The highest BCUT2D eigenvalue weighted by Crippen LogP contribution is 2.39. The van der Waals surface area contributed by atoms with E-state index in [4.69, 9.17) is 0 Å². The zero-order valence-electron chi connectivity index (χ0n) is 11.6. The van der Waals surface area contributed by atoms with E-state index in [0.717, 1.165) is 24.3 Å². The highest BCUT2D eigenvalue weighted by molar-refractivity contribution is 5.54. The van der Waals surface area contributed by atoms with Crippen molar-refractivity contribution >= 4 is 5.69 Å². The Morgan fingerprint density at radius 3 is 2.68 bits per heavy atom. The SMILES string of the molecule is c1ccc2c(c1)NCCC2CN1CC2CCCC2C1. The van der Waals surface area contributed by atoms with Crippen molar-refractivity contribution in [3.05, 3.63) is 29.8 Å². The first kappa shape index (κ1) is 11.8. The summed E-state index contributed by atoms with van der Waals surface area (Å²) >= 11 is 0. The van der Waals surface area contributed by atoms with Crippen LogP contribution in [0.2, 0.25) is 0 Å². The second-order valence-electron chi connectivity index (χ2n) is 6.67. The Morgan fingerprint density at radius 2 is 1.84 bits per heavy atom. The molecule has 0 amide bonds. The van der Waals surface area contributed by atoms with Crippen LogP contribution >= 0.6 is 0 Å². The van der Waals surface area contributed by atoms with E-state index in [2.05, 4.69) is 34.5 Å². The van der Waals surface area contributed by atoms with E-state index in [-0.39, 0.29) is 0 Å². The van der Waals surface area contributed by atoms with Crippen LogP contribution in [0.3, 0.4) is 0 Å². The average Bonchev–Trinajstić information content (AvgIpc) is 3.00. The molecule has 3 atom stereocenters. The van der Waals surface area contributed by atoms with E-state index in [9.17, 15) is 0 Å². The molecule has 2 fully saturated rings. The number of hydrogen-bond acceptors (Lipinski definition) is 2. The zero-order chi connectivity index (χ0) is 12.7. The molecule has 3 unspecified atom stereocenters. The van der Waals surface area contributed by atoms with Gasteiger partial charge < -0.3 is 10.2 Å². The number of rotatable bonds is 2. The van der Waals surface area contributed by atoms with Gasteiger partial charge in [0.2, 0.25) is 0 Å². The molecule has 0 radical (unpaired) electrons. The molecule has 1 aromatic rings. The van der Waals surface area contributed by atoms with Crippen LogP contribution in [0.1, 0.15) is 37.2 Å². The summed E-state index contributed by atoms with van der Waals surface area (Å²) in [7, 11) is 0. The molecule has 0 bridgehead atoms. The second-order valence-corrected chi connectivity index (χ2v) is 6.67. The molecule has 1 aromatic carbocycles. The van der Waals surface area contributed by atoms with Crippen LogP contribution in [0.5, 0.6) is 0 Å². The van der Waals surface area contributed by atoms with E-state index in [1.54, 1.807) is 5.56 Å². The van der Waals surface area contributed by atoms with E-state index in [1.807, 2.05) is 0 Å². The second kappa shape index (κ2) is 4.82.